The highest BCUT2D eigenvalue weighted by Crippen LogP contribution is 2.11. The zero-order chi connectivity index (χ0) is 12.0. The van der Waals surface area contributed by atoms with E-state index < -0.39 is 4.92 Å². The molecule has 1 rings (SSSR count). The molecule has 0 aliphatic heterocycles. The summed E-state index contributed by atoms with van der Waals surface area (Å²) in [6.45, 7) is 3.30. The van der Waals surface area contributed by atoms with E-state index in [0.717, 1.165) is 11.1 Å². The van der Waals surface area contributed by atoms with E-state index in [-0.39, 0.29) is 5.69 Å². The van der Waals surface area contributed by atoms with Gasteiger partial charge in [0.2, 0.25) is 0 Å². The number of rotatable bonds is 5. The van der Waals surface area contributed by atoms with Gasteiger partial charge in [-0.3, -0.25) is 10.1 Å². The van der Waals surface area contributed by atoms with Crippen LogP contribution in [0.25, 0.3) is 0 Å². The minimum atomic E-state index is -0.405. The molecular formula is C11H13ClN2O2. The lowest BCUT2D eigenvalue weighted by Gasteiger charge is -2.04. The Hall–Kier alpha value is -1.39. The van der Waals surface area contributed by atoms with Gasteiger partial charge in [0.25, 0.3) is 5.69 Å². The summed E-state index contributed by atoms with van der Waals surface area (Å²) >= 11 is 5.51. The van der Waals surface area contributed by atoms with E-state index in [1.54, 1.807) is 12.1 Å². The van der Waals surface area contributed by atoms with Crippen molar-refractivity contribution in [1.29, 1.82) is 0 Å². The summed E-state index contributed by atoms with van der Waals surface area (Å²) in [5.74, 6) is 0. The topological polar surface area (TPSA) is 55.2 Å². The number of nitrogens with zero attached hydrogens (tertiary/aromatic N) is 1. The molecule has 0 aliphatic rings. The Morgan fingerprint density at radius 2 is 2.12 bits per heavy atom. The molecule has 0 bridgehead atoms. The van der Waals surface area contributed by atoms with E-state index in [1.165, 1.54) is 17.7 Å². The molecule has 0 spiro atoms. The fourth-order valence-electron chi connectivity index (χ4n) is 1.18. The van der Waals surface area contributed by atoms with Crippen LogP contribution in [0.4, 0.5) is 5.69 Å². The quantitative estimate of drug-likeness (QED) is 0.636. The number of nitro benzene ring substituents is 1. The molecule has 0 radical (unpaired) electrons. The Morgan fingerprint density at radius 3 is 2.62 bits per heavy atom. The zero-order valence-corrected chi connectivity index (χ0v) is 9.70. The molecule has 0 aromatic heterocycles. The summed E-state index contributed by atoms with van der Waals surface area (Å²) in [6.07, 6.45) is 0. The largest absolute Gasteiger partial charge is 0.309 e. The molecule has 0 saturated carbocycles. The maximum absolute atomic E-state index is 10.4. The predicted molar refractivity (Wildman–Crippen MR) is 64.4 cm³/mol. The average Bonchev–Trinajstić information content (AvgIpc) is 2.29. The highest BCUT2D eigenvalue weighted by molar-refractivity contribution is 6.25. The number of benzene rings is 1. The van der Waals surface area contributed by atoms with E-state index in [4.69, 9.17) is 11.6 Å². The zero-order valence-electron chi connectivity index (χ0n) is 8.94. The van der Waals surface area contributed by atoms with Crippen molar-refractivity contribution in [3.8, 4) is 0 Å². The van der Waals surface area contributed by atoms with Gasteiger partial charge < -0.3 is 5.32 Å². The number of nitrogens with one attached hydrogen (secondary N) is 1. The summed E-state index contributed by atoms with van der Waals surface area (Å²) in [5.41, 5.74) is 3.69. The van der Waals surface area contributed by atoms with Gasteiger partial charge in [0.05, 0.1) is 4.92 Å². The summed E-state index contributed by atoms with van der Waals surface area (Å²) in [4.78, 5) is 10.0. The first-order valence-electron chi connectivity index (χ1n) is 4.83. The van der Waals surface area contributed by atoms with E-state index in [9.17, 15) is 10.1 Å². The second kappa shape index (κ2) is 6.25. The normalized spacial score (nSPS) is 11.5. The number of halogens is 1. The lowest BCUT2D eigenvalue weighted by atomic mass is 10.2. The third-order valence-corrected chi connectivity index (χ3v) is 2.44. The van der Waals surface area contributed by atoms with Crippen LogP contribution in [0.15, 0.2) is 35.4 Å². The van der Waals surface area contributed by atoms with Crippen LogP contribution in [0, 0.1) is 10.1 Å². The molecule has 0 unspecified atom stereocenters. The van der Waals surface area contributed by atoms with Crippen LogP contribution in [0.5, 0.6) is 0 Å². The molecular weight excluding hydrogens is 228 g/mol. The van der Waals surface area contributed by atoms with E-state index >= 15 is 0 Å². The lowest BCUT2D eigenvalue weighted by molar-refractivity contribution is -0.384. The van der Waals surface area contributed by atoms with Gasteiger partial charge >= 0.3 is 0 Å². The van der Waals surface area contributed by atoms with Crippen molar-refractivity contribution in [2.45, 2.75) is 13.5 Å². The van der Waals surface area contributed by atoms with Crippen LogP contribution >= 0.6 is 11.6 Å². The minimum Gasteiger partial charge on any atom is -0.309 e. The second-order valence-corrected chi connectivity index (χ2v) is 3.70. The van der Waals surface area contributed by atoms with Crippen molar-refractivity contribution in [3.63, 3.8) is 0 Å². The van der Waals surface area contributed by atoms with Gasteiger partial charge in [-0.05, 0) is 18.1 Å². The molecule has 0 saturated heterocycles. The molecule has 86 valence electrons. The van der Waals surface area contributed by atoms with Crippen molar-refractivity contribution in [3.05, 3.63) is 51.1 Å². The number of nitro groups is 1. The Kier molecular flexibility index (Phi) is 4.95. The molecule has 4 nitrogen and oxygen atoms in total. The van der Waals surface area contributed by atoms with Gasteiger partial charge in [-0.25, -0.2) is 0 Å². The van der Waals surface area contributed by atoms with Crippen molar-refractivity contribution in [2.75, 3.05) is 6.54 Å². The maximum atomic E-state index is 10.4. The van der Waals surface area contributed by atoms with Gasteiger partial charge in [0, 0.05) is 30.8 Å². The van der Waals surface area contributed by atoms with Gasteiger partial charge in [-0.2, -0.15) is 0 Å². The molecule has 0 atom stereocenters. The highest BCUT2D eigenvalue weighted by Gasteiger charge is 2.03. The fraction of sp³-hybridized carbons (Fsp3) is 0.273. The Bertz CT molecular complexity index is 387. The first-order valence-corrected chi connectivity index (χ1v) is 5.27. The van der Waals surface area contributed by atoms with E-state index in [0.29, 0.717) is 13.1 Å². The van der Waals surface area contributed by atoms with Crippen LogP contribution in [0.1, 0.15) is 12.5 Å². The monoisotopic (exact) mass is 240 g/mol. The lowest BCUT2D eigenvalue weighted by Crippen LogP contribution is -2.15. The first kappa shape index (κ1) is 12.7. The smallest absolute Gasteiger partial charge is 0.269 e. The van der Waals surface area contributed by atoms with E-state index in [2.05, 4.69) is 5.32 Å². The summed E-state index contributed by atoms with van der Waals surface area (Å²) < 4.78 is 0. The Labute approximate surface area is 99.1 Å². The molecule has 0 fully saturated rings. The molecule has 5 heteroatoms. The second-order valence-electron chi connectivity index (χ2n) is 3.48. The summed E-state index contributed by atoms with van der Waals surface area (Å²) in [7, 11) is 0. The van der Waals surface area contributed by atoms with Crippen molar-refractivity contribution in [1.82, 2.24) is 5.32 Å². The number of hydrogen-bond donors (Lipinski definition) is 1. The van der Waals surface area contributed by atoms with Crippen molar-refractivity contribution in [2.24, 2.45) is 0 Å². The molecule has 0 amide bonds. The Balaban J connectivity index is 2.47. The van der Waals surface area contributed by atoms with Crippen LogP contribution in [-0.2, 0) is 6.54 Å². The molecule has 16 heavy (non-hydrogen) atoms. The molecule has 0 heterocycles. The standard InChI is InChI=1S/C11H13ClN2O2/c1-9(6-12)7-13-8-10-2-4-11(5-3-10)14(15)16/h2-6,13H,7-8H2,1H3/b9-6-. The third kappa shape index (κ3) is 4.00. The predicted octanol–water partition coefficient (Wildman–Crippen LogP) is 2.83. The molecule has 1 aromatic rings. The first-order chi connectivity index (χ1) is 7.63. The van der Waals surface area contributed by atoms with E-state index in [1.807, 2.05) is 6.92 Å². The van der Waals surface area contributed by atoms with Crippen LogP contribution in [0.3, 0.4) is 0 Å². The Morgan fingerprint density at radius 1 is 1.50 bits per heavy atom. The molecule has 1 aromatic carbocycles. The van der Waals surface area contributed by atoms with Gasteiger partial charge in [0.1, 0.15) is 0 Å². The highest BCUT2D eigenvalue weighted by atomic mass is 35.5. The van der Waals surface area contributed by atoms with Crippen molar-refractivity contribution < 1.29 is 4.92 Å². The van der Waals surface area contributed by atoms with Gasteiger partial charge in [0.15, 0.2) is 0 Å². The third-order valence-electron chi connectivity index (χ3n) is 2.07. The van der Waals surface area contributed by atoms with Crippen LogP contribution < -0.4 is 5.32 Å². The SMILES string of the molecule is C/C(=C/Cl)CNCc1ccc([N+](=O)[O-])cc1. The maximum Gasteiger partial charge on any atom is 0.269 e. The molecule has 0 aliphatic carbocycles. The minimum absolute atomic E-state index is 0.112. The number of hydrogen-bond acceptors (Lipinski definition) is 3. The molecule has 1 N–H and O–H groups in total. The number of non-ortho nitro benzene ring substituents is 1. The van der Waals surface area contributed by atoms with Crippen LogP contribution in [0.2, 0.25) is 0 Å². The fourth-order valence-corrected chi connectivity index (χ4v) is 1.26. The van der Waals surface area contributed by atoms with Gasteiger partial charge in [-0.1, -0.05) is 23.7 Å². The summed E-state index contributed by atoms with van der Waals surface area (Å²) in [5, 5.41) is 13.6. The van der Waals surface area contributed by atoms with Gasteiger partial charge in [-0.15, -0.1) is 0 Å². The average molecular weight is 241 g/mol. The summed E-state index contributed by atoms with van der Waals surface area (Å²) in [6, 6.07) is 6.48. The van der Waals surface area contributed by atoms with Crippen molar-refractivity contribution >= 4 is 17.3 Å². The van der Waals surface area contributed by atoms with Crippen LogP contribution in [-0.4, -0.2) is 11.5 Å².